The molecule has 0 radical (unpaired) electrons. The summed E-state index contributed by atoms with van der Waals surface area (Å²) >= 11 is 1.18. The highest BCUT2D eigenvalue weighted by atomic mass is 32.1. The molecule has 0 atom stereocenters. The van der Waals surface area contributed by atoms with E-state index in [1.165, 1.54) is 18.3 Å². The van der Waals surface area contributed by atoms with Crippen molar-refractivity contribution in [3.05, 3.63) is 16.0 Å². The second-order valence-electron chi connectivity index (χ2n) is 6.33. The van der Waals surface area contributed by atoms with E-state index < -0.39 is 17.7 Å². The third-order valence-electron chi connectivity index (χ3n) is 3.33. The van der Waals surface area contributed by atoms with E-state index in [4.69, 9.17) is 4.74 Å². The third-order valence-corrected chi connectivity index (χ3v) is 4.46. The second-order valence-corrected chi connectivity index (χ2v) is 7.44. The molecular formula is C15H20N2O5S. The van der Waals surface area contributed by atoms with Crippen molar-refractivity contribution in [3.8, 4) is 0 Å². The van der Waals surface area contributed by atoms with Crippen molar-refractivity contribution in [3.63, 3.8) is 0 Å². The summed E-state index contributed by atoms with van der Waals surface area (Å²) in [5, 5.41) is 12.2. The van der Waals surface area contributed by atoms with Crippen LogP contribution in [0.5, 0.6) is 0 Å². The summed E-state index contributed by atoms with van der Waals surface area (Å²) in [6.45, 7) is 7.52. The average Bonchev–Trinajstić information content (AvgIpc) is 2.72. The van der Waals surface area contributed by atoms with Crippen LogP contribution in [0.4, 0.5) is 9.80 Å². The summed E-state index contributed by atoms with van der Waals surface area (Å²) in [6.07, 6.45) is -0.231. The van der Waals surface area contributed by atoms with Crippen LogP contribution in [-0.2, 0) is 22.5 Å². The van der Waals surface area contributed by atoms with Gasteiger partial charge in [0.05, 0.1) is 12.1 Å². The van der Waals surface area contributed by atoms with Crippen LogP contribution >= 0.6 is 11.3 Å². The molecule has 1 aromatic heterocycles. The van der Waals surface area contributed by atoms with Crippen LogP contribution in [0.2, 0.25) is 0 Å². The van der Waals surface area contributed by atoms with E-state index in [2.05, 4.69) is 5.32 Å². The molecule has 0 spiro atoms. The zero-order chi connectivity index (χ0) is 17.4. The molecule has 0 fully saturated rings. The number of carboxylic acids is 1. The number of thiophene rings is 1. The van der Waals surface area contributed by atoms with Gasteiger partial charge in [-0.2, -0.15) is 0 Å². The number of anilines is 1. The maximum Gasteiger partial charge on any atom is 0.412 e. The number of carboxylic acid groups (broad SMARTS) is 1. The fourth-order valence-corrected chi connectivity index (χ4v) is 3.62. The number of hydrogen-bond acceptors (Lipinski definition) is 5. The molecule has 23 heavy (non-hydrogen) atoms. The predicted octanol–water partition coefficient (Wildman–Crippen LogP) is 2.70. The predicted molar refractivity (Wildman–Crippen MR) is 85.9 cm³/mol. The van der Waals surface area contributed by atoms with Gasteiger partial charge in [0.25, 0.3) is 0 Å². The van der Waals surface area contributed by atoms with Crippen LogP contribution < -0.4 is 5.32 Å². The minimum absolute atomic E-state index is 0.0532. The Bertz CT molecular complexity index is 660. The lowest BCUT2D eigenvalue weighted by Gasteiger charge is -2.25. The number of aromatic carboxylic acids is 1. The largest absolute Gasteiger partial charge is 0.478 e. The summed E-state index contributed by atoms with van der Waals surface area (Å²) in [5.41, 5.74) is 0.112. The normalized spacial score (nSPS) is 14.2. The van der Waals surface area contributed by atoms with Gasteiger partial charge < -0.3 is 14.7 Å². The average molecular weight is 340 g/mol. The van der Waals surface area contributed by atoms with Crippen LogP contribution in [0.1, 0.15) is 48.5 Å². The van der Waals surface area contributed by atoms with E-state index in [0.717, 1.165) is 4.88 Å². The molecule has 2 amide bonds. The number of nitrogens with zero attached hydrogens (tertiary/aromatic N) is 1. The number of amides is 2. The summed E-state index contributed by atoms with van der Waals surface area (Å²) < 4.78 is 5.17. The van der Waals surface area contributed by atoms with Gasteiger partial charge in [0, 0.05) is 18.3 Å². The molecule has 2 heterocycles. The first kappa shape index (κ1) is 17.3. The molecule has 0 unspecified atom stereocenters. The lowest BCUT2D eigenvalue weighted by atomic mass is 10.0. The monoisotopic (exact) mass is 340 g/mol. The van der Waals surface area contributed by atoms with Crippen molar-refractivity contribution in [2.75, 3.05) is 11.9 Å². The third kappa shape index (κ3) is 4.01. The number of hydrogen-bond donors (Lipinski definition) is 2. The Morgan fingerprint density at radius 1 is 1.30 bits per heavy atom. The standard InChI is InChI=1S/C15H20N2O5S/c1-8(18)17-6-5-9-10(7-17)23-12(11(9)13(19)20)16-14(21)22-15(2,3)4/h5-7H2,1-4H3,(H,16,21)(H,19,20). The van der Waals surface area contributed by atoms with Crippen molar-refractivity contribution in [2.45, 2.75) is 46.3 Å². The van der Waals surface area contributed by atoms with Gasteiger partial charge in [-0.05, 0) is 32.8 Å². The van der Waals surface area contributed by atoms with Gasteiger partial charge >= 0.3 is 12.1 Å². The first-order valence-electron chi connectivity index (χ1n) is 7.22. The van der Waals surface area contributed by atoms with Crippen LogP contribution in [0.15, 0.2) is 0 Å². The van der Waals surface area contributed by atoms with Crippen LogP contribution in [0, 0.1) is 0 Å². The first-order valence-corrected chi connectivity index (χ1v) is 8.03. The maximum atomic E-state index is 11.9. The molecule has 0 saturated heterocycles. The van der Waals surface area contributed by atoms with Gasteiger partial charge in [0.1, 0.15) is 10.6 Å². The summed E-state index contributed by atoms with van der Waals surface area (Å²) in [4.78, 5) is 37.4. The van der Waals surface area contributed by atoms with Crippen molar-refractivity contribution >= 4 is 34.3 Å². The molecule has 0 saturated carbocycles. The molecule has 1 aromatic rings. The molecule has 1 aliphatic heterocycles. The lowest BCUT2D eigenvalue weighted by molar-refractivity contribution is -0.129. The maximum absolute atomic E-state index is 11.9. The lowest BCUT2D eigenvalue weighted by Crippen LogP contribution is -2.33. The number of carbonyl (C=O) groups is 3. The number of fused-ring (bicyclic) bond motifs is 1. The molecule has 2 N–H and O–H groups in total. The quantitative estimate of drug-likeness (QED) is 0.863. The summed E-state index contributed by atoms with van der Waals surface area (Å²) in [5.74, 6) is -1.15. The van der Waals surface area contributed by atoms with Crippen molar-refractivity contribution < 1.29 is 24.2 Å². The summed E-state index contributed by atoms with van der Waals surface area (Å²) in [6, 6.07) is 0. The van der Waals surface area contributed by atoms with Gasteiger partial charge in [-0.1, -0.05) is 0 Å². The van der Waals surface area contributed by atoms with Gasteiger partial charge in [0.15, 0.2) is 0 Å². The topological polar surface area (TPSA) is 95.9 Å². The highest BCUT2D eigenvalue weighted by Crippen LogP contribution is 2.37. The molecule has 0 aliphatic carbocycles. The van der Waals surface area contributed by atoms with E-state index in [1.807, 2.05) is 0 Å². The van der Waals surface area contributed by atoms with E-state index in [0.29, 0.717) is 25.1 Å². The Hall–Kier alpha value is -2.09. The minimum Gasteiger partial charge on any atom is -0.478 e. The van der Waals surface area contributed by atoms with Crippen LogP contribution in [0.25, 0.3) is 0 Å². The highest BCUT2D eigenvalue weighted by Gasteiger charge is 2.30. The van der Waals surface area contributed by atoms with Gasteiger partial charge in [-0.3, -0.25) is 10.1 Å². The van der Waals surface area contributed by atoms with Crippen molar-refractivity contribution in [1.29, 1.82) is 0 Å². The van der Waals surface area contributed by atoms with Crippen molar-refractivity contribution in [2.24, 2.45) is 0 Å². The van der Waals surface area contributed by atoms with E-state index in [-0.39, 0.29) is 16.5 Å². The zero-order valence-corrected chi connectivity index (χ0v) is 14.4. The molecule has 2 rings (SSSR count). The molecule has 1 aliphatic rings. The van der Waals surface area contributed by atoms with E-state index in [1.54, 1.807) is 25.7 Å². The molecule has 8 heteroatoms. The number of nitrogens with one attached hydrogen (secondary N) is 1. The van der Waals surface area contributed by atoms with Crippen LogP contribution in [-0.4, -0.2) is 40.1 Å². The van der Waals surface area contributed by atoms with E-state index >= 15 is 0 Å². The minimum atomic E-state index is -1.09. The molecule has 0 bridgehead atoms. The Labute approximate surface area is 138 Å². The van der Waals surface area contributed by atoms with E-state index in [9.17, 15) is 19.5 Å². The molecule has 7 nitrogen and oxygen atoms in total. The van der Waals surface area contributed by atoms with Gasteiger partial charge in [-0.15, -0.1) is 11.3 Å². The van der Waals surface area contributed by atoms with Gasteiger partial charge in [0.2, 0.25) is 5.91 Å². The molecular weight excluding hydrogens is 320 g/mol. The zero-order valence-electron chi connectivity index (χ0n) is 13.6. The van der Waals surface area contributed by atoms with Crippen LogP contribution in [0.3, 0.4) is 0 Å². The Kier molecular flexibility index (Phi) is 4.65. The highest BCUT2D eigenvalue weighted by molar-refractivity contribution is 7.17. The Morgan fingerprint density at radius 3 is 2.48 bits per heavy atom. The molecule has 0 aromatic carbocycles. The number of ether oxygens (including phenoxy) is 1. The number of carbonyl (C=O) groups excluding carboxylic acids is 2. The summed E-state index contributed by atoms with van der Waals surface area (Å²) in [7, 11) is 0. The Morgan fingerprint density at radius 2 is 1.96 bits per heavy atom. The fraction of sp³-hybridized carbons (Fsp3) is 0.533. The SMILES string of the molecule is CC(=O)N1CCc2c(sc(NC(=O)OC(C)(C)C)c2C(=O)O)C1. The molecule has 126 valence electrons. The fourth-order valence-electron chi connectivity index (χ4n) is 2.38. The van der Waals surface area contributed by atoms with Gasteiger partial charge in [-0.25, -0.2) is 9.59 Å². The Balaban J connectivity index is 2.29. The smallest absolute Gasteiger partial charge is 0.412 e. The second kappa shape index (κ2) is 6.19. The first-order chi connectivity index (χ1) is 10.6. The van der Waals surface area contributed by atoms with Crippen molar-refractivity contribution in [1.82, 2.24) is 4.90 Å². The number of rotatable bonds is 2.